The molecule has 0 bridgehead atoms. The number of fused-ring (bicyclic) bond motifs is 2. The first-order chi connectivity index (χ1) is 15.1. The minimum absolute atomic E-state index is 0. The van der Waals surface area contributed by atoms with Gasteiger partial charge in [-0.05, 0) is 72.9 Å². The Hall–Kier alpha value is -2.57. The van der Waals surface area contributed by atoms with Crippen LogP contribution in [0.1, 0.15) is 41.6 Å². The van der Waals surface area contributed by atoms with Crippen molar-refractivity contribution in [3.8, 4) is 0 Å². The van der Waals surface area contributed by atoms with Crippen LogP contribution in [0.25, 0.3) is 11.6 Å². The Balaban J connectivity index is 0.00000216. The number of nitrogens with one attached hydrogen (secondary N) is 3. The van der Waals surface area contributed by atoms with E-state index in [9.17, 15) is 9.59 Å². The van der Waals surface area contributed by atoms with Gasteiger partial charge in [0.1, 0.15) is 0 Å². The average Bonchev–Trinajstić information content (AvgIpc) is 3.17. The highest BCUT2D eigenvalue weighted by molar-refractivity contribution is 6.34. The molecule has 168 valence electrons. The number of likely N-dealkylation sites (tertiary alicyclic amines) is 1. The van der Waals surface area contributed by atoms with E-state index >= 15 is 0 Å². The van der Waals surface area contributed by atoms with Crippen LogP contribution in [-0.2, 0) is 22.6 Å². The minimum Gasteiger partial charge on any atom is -0.361 e. The van der Waals surface area contributed by atoms with Gasteiger partial charge in [-0.15, -0.1) is 12.4 Å². The number of nitrogens with zero attached hydrogens (tertiary/aromatic N) is 1. The number of aromatic amines is 1. The predicted octanol–water partition coefficient (Wildman–Crippen LogP) is 3.45. The monoisotopic (exact) mass is 452 g/mol. The van der Waals surface area contributed by atoms with E-state index in [-0.39, 0.29) is 30.1 Å². The van der Waals surface area contributed by atoms with Gasteiger partial charge in [-0.25, -0.2) is 0 Å². The Morgan fingerprint density at radius 1 is 1.09 bits per heavy atom. The van der Waals surface area contributed by atoms with Gasteiger partial charge in [0, 0.05) is 55.2 Å². The molecule has 3 N–H and O–H groups in total. The zero-order chi connectivity index (χ0) is 20.9. The molecule has 3 aliphatic heterocycles. The van der Waals surface area contributed by atoms with Crippen molar-refractivity contribution in [1.29, 1.82) is 0 Å². The van der Waals surface area contributed by atoms with Gasteiger partial charge in [0.25, 0.3) is 5.91 Å². The highest BCUT2D eigenvalue weighted by atomic mass is 35.5. The second kappa shape index (κ2) is 8.41. The number of H-pyrrole nitrogens is 1. The third kappa shape index (κ3) is 4.09. The van der Waals surface area contributed by atoms with Crippen LogP contribution in [0.5, 0.6) is 0 Å². The average molecular weight is 453 g/mol. The number of piperidine rings is 1. The zero-order valence-corrected chi connectivity index (χ0v) is 18.8. The van der Waals surface area contributed by atoms with Crippen LogP contribution in [0.3, 0.4) is 0 Å². The van der Waals surface area contributed by atoms with Gasteiger partial charge >= 0.3 is 0 Å². The molecule has 1 aromatic heterocycles. The lowest BCUT2D eigenvalue weighted by Crippen LogP contribution is -2.21. The number of hydrogen-bond donors (Lipinski definition) is 3. The number of carbonyl (C=O) groups is 2. The van der Waals surface area contributed by atoms with E-state index in [2.05, 4.69) is 44.9 Å². The van der Waals surface area contributed by atoms with Crippen molar-refractivity contribution in [2.75, 3.05) is 25.0 Å². The molecule has 2 amide bonds. The Bertz CT molecular complexity index is 1080. The lowest BCUT2D eigenvalue weighted by atomic mass is 9.96. The number of benzene rings is 1. The first-order valence-electron chi connectivity index (χ1n) is 11.5. The number of aromatic nitrogens is 1. The summed E-state index contributed by atoms with van der Waals surface area (Å²) in [5, 5.41) is 5.89. The van der Waals surface area contributed by atoms with Gasteiger partial charge in [-0.3, -0.25) is 14.5 Å². The fraction of sp³-hybridized carbons (Fsp3) is 0.440. The van der Waals surface area contributed by atoms with Crippen LogP contribution in [0.4, 0.5) is 5.69 Å². The molecule has 6 rings (SSSR count). The second-order valence-corrected chi connectivity index (χ2v) is 9.62. The maximum atomic E-state index is 12.6. The van der Waals surface area contributed by atoms with E-state index in [0.29, 0.717) is 5.57 Å². The Labute approximate surface area is 194 Å². The number of anilines is 1. The molecule has 32 heavy (non-hydrogen) atoms. The highest BCUT2D eigenvalue weighted by Crippen LogP contribution is 2.45. The van der Waals surface area contributed by atoms with Gasteiger partial charge in [0.15, 0.2) is 0 Å². The van der Waals surface area contributed by atoms with Crippen molar-refractivity contribution in [2.24, 2.45) is 17.8 Å². The molecule has 6 nitrogen and oxygen atoms in total. The standard InChI is InChI=1S/C25H28N4O2.ClH/c30-24-17(5-6-26-24)3-1-15-2-4-23-21(8-15)22(25(31)28-23)10-20-7-16(11-27-20)12-29-13-18-9-19(18)14-29;/h2,4,7-8,10-11,17-19,27H,1,3,5-6,9,12-14H2,(H,26,30)(H,28,31);1H/t17?,18-,19+;. The van der Waals surface area contributed by atoms with E-state index < -0.39 is 0 Å². The summed E-state index contributed by atoms with van der Waals surface area (Å²) in [5.74, 6) is 2.11. The van der Waals surface area contributed by atoms with Gasteiger partial charge in [-0.1, -0.05) is 6.07 Å². The molecule has 4 heterocycles. The zero-order valence-electron chi connectivity index (χ0n) is 18.0. The molecule has 1 aliphatic carbocycles. The molecule has 7 heteroatoms. The maximum absolute atomic E-state index is 12.6. The molecule has 3 atom stereocenters. The van der Waals surface area contributed by atoms with Gasteiger partial charge < -0.3 is 15.6 Å². The molecule has 1 unspecified atom stereocenters. The van der Waals surface area contributed by atoms with Crippen molar-refractivity contribution in [3.05, 3.63) is 52.8 Å². The van der Waals surface area contributed by atoms with Crippen molar-refractivity contribution in [2.45, 2.75) is 32.2 Å². The van der Waals surface area contributed by atoms with Crippen LogP contribution < -0.4 is 10.6 Å². The number of hydrogen-bond acceptors (Lipinski definition) is 3. The van der Waals surface area contributed by atoms with Crippen LogP contribution >= 0.6 is 12.4 Å². The molecule has 0 spiro atoms. The fourth-order valence-corrected chi connectivity index (χ4v) is 5.47. The SMILES string of the molecule is Cl.O=C1Nc2ccc(CCC3CCNC3=O)cc2C1=Cc1cc(CN2C[C@H]3C[C@H]3C2)c[nH]1. The molecule has 2 aromatic rings. The van der Waals surface area contributed by atoms with Gasteiger partial charge in [-0.2, -0.15) is 0 Å². The van der Waals surface area contributed by atoms with Gasteiger partial charge in [0.2, 0.25) is 5.91 Å². The largest absolute Gasteiger partial charge is 0.361 e. The molecular formula is C25H29ClN4O2. The third-order valence-electron chi connectivity index (χ3n) is 7.34. The van der Waals surface area contributed by atoms with Crippen LogP contribution in [0, 0.1) is 17.8 Å². The van der Waals surface area contributed by atoms with E-state index in [1.165, 1.54) is 30.6 Å². The van der Waals surface area contributed by atoms with Crippen LogP contribution in [-0.4, -0.2) is 41.3 Å². The molecule has 1 saturated carbocycles. The maximum Gasteiger partial charge on any atom is 0.256 e. The summed E-state index contributed by atoms with van der Waals surface area (Å²) < 4.78 is 0. The van der Waals surface area contributed by atoms with E-state index in [1.807, 2.05) is 12.1 Å². The Kier molecular flexibility index (Phi) is 5.59. The van der Waals surface area contributed by atoms with Crippen molar-refractivity contribution >= 4 is 41.6 Å². The van der Waals surface area contributed by atoms with Crippen molar-refractivity contribution < 1.29 is 9.59 Å². The highest BCUT2D eigenvalue weighted by Gasteiger charge is 2.44. The van der Waals surface area contributed by atoms with E-state index in [0.717, 1.165) is 61.1 Å². The Morgan fingerprint density at radius 2 is 1.94 bits per heavy atom. The summed E-state index contributed by atoms with van der Waals surface area (Å²) in [6.45, 7) is 4.23. The van der Waals surface area contributed by atoms with Crippen molar-refractivity contribution in [3.63, 3.8) is 0 Å². The number of carbonyl (C=O) groups excluding carboxylic acids is 2. The number of rotatable bonds is 6. The quantitative estimate of drug-likeness (QED) is 0.587. The number of halogens is 1. The lowest BCUT2D eigenvalue weighted by molar-refractivity contribution is -0.122. The van der Waals surface area contributed by atoms with E-state index in [1.54, 1.807) is 0 Å². The second-order valence-electron chi connectivity index (χ2n) is 9.62. The van der Waals surface area contributed by atoms with Crippen LogP contribution in [0.2, 0.25) is 0 Å². The van der Waals surface area contributed by atoms with Crippen LogP contribution in [0.15, 0.2) is 30.5 Å². The predicted molar refractivity (Wildman–Crippen MR) is 127 cm³/mol. The number of amides is 2. The smallest absolute Gasteiger partial charge is 0.256 e. The third-order valence-corrected chi connectivity index (χ3v) is 7.34. The topological polar surface area (TPSA) is 77.2 Å². The molecule has 4 aliphatic rings. The molecule has 1 aromatic carbocycles. The van der Waals surface area contributed by atoms with E-state index in [4.69, 9.17) is 0 Å². The Morgan fingerprint density at radius 3 is 2.72 bits per heavy atom. The minimum atomic E-state index is -0.0573. The summed E-state index contributed by atoms with van der Waals surface area (Å²) >= 11 is 0. The fourth-order valence-electron chi connectivity index (χ4n) is 5.47. The first kappa shape index (κ1) is 21.3. The van der Waals surface area contributed by atoms with Crippen molar-refractivity contribution in [1.82, 2.24) is 15.2 Å². The molecular weight excluding hydrogens is 424 g/mol. The number of aryl methyl sites for hydroxylation is 1. The summed E-state index contributed by atoms with van der Waals surface area (Å²) in [6.07, 6.45) is 8.06. The molecule has 3 fully saturated rings. The summed E-state index contributed by atoms with van der Waals surface area (Å²) in [5.41, 5.74) is 5.92. The summed E-state index contributed by atoms with van der Waals surface area (Å²) in [6, 6.07) is 8.30. The lowest BCUT2D eigenvalue weighted by Gasteiger charge is -2.15. The normalized spacial score (nSPS) is 27.1. The van der Waals surface area contributed by atoms with Gasteiger partial charge in [0.05, 0.1) is 5.57 Å². The summed E-state index contributed by atoms with van der Waals surface area (Å²) in [4.78, 5) is 30.3. The first-order valence-corrected chi connectivity index (χ1v) is 11.5. The summed E-state index contributed by atoms with van der Waals surface area (Å²) in [7, 11) is 0. The molecule has 0 radical (unpaired) electrons. The molecule has 2 saturated heterocycles.